The first-order valence-corrected chi connectivity index (χ1v) is 10.5. The molecule has 2 N–H and O–H groups in total. The van der Waals surface area contributed by atoms with Gasteiger partial charge in [0.1, 0.15) is 0 Å². The number of benzene rings is 1. The van der Waals surface area contributed by atoms with E-state index >= 15 is 0 Å². The molecule has 0 bridgehead atoms. The van der Waals surface area contributed by atoms with Crippen LogP contribution < -0.4 is 10.9 Å². The van der Waals surface area contributed by atoms with E-state index in [1.165, 1.54) is 11.3 Å². The molecule has 4 aromatic rings. The van der Waals surface area contributed by atoms with Crippen molar-refractivity contribution in [2.75, 3.05) is 0 Å². The lowest BCUT2D eigenvalue weighted by Gasteiger charge is -2.11. The Labute approximate surface area is 182 Å². The molecule has 0 fully saturated rings. The van der Waals surface area contributed by atoms with E-state index in [1.807, 2.05) is 29.6 Å². The number of nitrogens with zero attached hydrogens (tertiary/aromatic N) is 2. The van der Waals surface area contributed by atoms with Crippen LogP contribution in [0, 0.1) is 0 Å². The second kappa shape index (κ2) is 9.27. The van der Waals surface area contributed by atoms with Gasteiger partial charge in [-0.15, -0.1) is 11.3 Å². The number of thiophene rings is 1. The summed E-state index contributed by atoms with van der Waals surface area (Å²) < 4.78 is 0. The van der Waals surface area contributed by atoms with Gasteiger partial charge in [0.2, 0.25) is 5.91 Å². The number of hydrazine groups is 1. The van der Waals surface area contributed by atoms with Crippen molar-refractivity contribution < 1.29 is 14.4 Å². The summed E-state index contributed by atoms with van der Waals surface area (Å²) in [4.78, 5) is 46.3. The number of ketones is 1. The van der Waals surface area contributed by atoms with Crippen molar-refractivity contribution >= 4 is 39.8 Å². The molecule has 2 amide bonds. The molecule has 0 aliphatic rings. The van der Waals surface area contributed by atoms with Crippen LogP contribution in [0.25, 0.3) is 22.2 Å². The first kappa shape index (κ1) is 20.4. The summed E-state index contributed by atoms with van der Waals surface area (Å²) in [5.41, 5.74) is 7.23. The average molecular weight is 430 g/mol. The first-order chi connectivity index (χ1) is 15.1. The van der Waals surface area contributed by atoms with Gasteiger partial charge in [-0.25, -0.2) is 4.98 Å². The topological polar surface area (TPSA) is 101 Å². The molecular weight excluding hydrogens is 412 g/mol. The first-order valence-electron chi connectivity index (χ1n) is 9.58. The highest BCUT2D eigenvalue weighted by molar-refractivity contribution is 7.12. The van der Waals surface area contributed by atoms with Crippen LogP contribution in [0.3, 0.4) is 0 Å². The van der Waals surface area contributed by atoms with Gasteiger partial charge in [0.15, 0.2) is 5.78 Å². The Kier molecular flexibility index (Phi) is 6.09. The number of pyridine rings is 2. The van der Waals surface area contributed by atoms with Gasteiger partial charge in [-0.3, -0.25) is 30.2 Å². The van der Waals surface area contributed by atoms with Crippen molar-refractivity contribution in [1.82, 2.24) is 20.8 Å². The standard InChI is InChI=1S/C23H18N4O3S/c28-20(21-8-4-12-31-21)9-10-22(29)26-27-23(30)17-13-19(15-5-3-11-24-14-15)25-18-7-2-1-6-16(17)18/h1-8,11-14H,9-10H2,(H,26,29)(H,27,30). The number of nitrogens with one attached hydrogen (secondary N) is 2. The van der Waals surface area contributed by atoms with Gasteiger partial charge in [0, 0.05) is 36.2 Å². The van der Waals surface area contributed by atoms with Gasteiger partial charge in [-0.1, -0.05) is 24.3 Å². The second-order valence-corrected chi connectivity index (χ2v) is 7.66. The molecule has 0 saturated carbocycles. The van der Waals surface area contributed by atoms with Crippen LogP contribution in [0.4, 0.5) is 0 Å². The number of para-hydroxylation sites is 1. The van der Waals surface area contributed by atoms with Gasteiger partial charge < -0.3 is 0 Å². The molecule has 154 valence electrons. The molecule has 0 aliphatic carbocycles. The molecule has 0 saturated heterocycles. The monoisotopic (exact) mass is 430 g/mol. The van der Waals surface area contributed by atoms with E-state index in [0.29, 0.717) is 27.0 Å². The van der Waals surface area contributed by atoms with E-state index < -0.39 is 11.8 Å². The number of carbonyl (C=O) groups excluding carboxylic acids is 3. The summed E-state index contributed by atoms with van der Waals surface area (Å²) in [6.07, 6.45) is 3.39. The number of amides is 2. The second-order valence-electron chi connectivity index (χ2n) is 6.72. The minimum absolute atomic E-state index is 0.0188. The van der Waals surface area contributed by atoms with Crippen LogP contribution in [-0.2, 0) is 4.79 Å². The number of rotatable bonds is 6. The molecule has 8 heteroatoms. The quantitative estimate of drug-likeness (QED) is 0.358. The molecule has 0 atom stereocenters. The van der Waals surface area contributed by atoms with E-state index in [1.54, 1.807) is 42.7 Å². The highest BCUT2D eigenvalue weighted by atomic mass is 32.1. The normalized spacial score (nSPS) is 10.6. The zero-order valence-electron chi connectivity index (χ0n) is 16.4. The average Bonchev–Trinajstić information content (AvgIpc) is 3.36. The molecule has 0 radical (unpaired) electrons. The van der Waals surface area contributed by atoms with Gasteiger partial charge in [0.05, 0.1) is 21.7 Å². The molecular formula is C23H18N4O3S. The maximum absolute atomic E-state index is 12.8. The SMILES string of the molecule is O=C(CCC(=O)c1cccs1)NNC(=O)c1cc(-c2cccnc2)nc2ccccc12. The fourth-order valence-electron chi connectivity index (χ4n) is 3.07. The maximum atomic E-state index is 12.8. The lowest BCUT2D eigenvalue weighted by atomic mass is 10.0. The molecule has 0 unspecified atom stereocenters. The summed E-state index contributed by atoms with van der Waals surface area (Å²) in [5, 5.41) is 2.47. The Morgan fingerprint density at radius 3 is 2.58 bits per heavy atom. The predicted molar refractivity (Wildman–Crippen MR) is 118 cm³/mol. The summed E-state index contributed by atoms with van der Waals surface area (Å²) in [7, 11) is 0. The Hall–Kier alpha value is -3.91. The molecule has 0 aliphatic heterocycles. The zero-order chi connectivity index (χ0) is 21.6. The van der Waals surface area contributed by atoms with Crippen LogP contribution in [0.2, 0.25) is 0 Å². The molecule has 31 heavy (non-hydrogen) atoms. The Morgan fingerprint density at radius 1 is 0.935 bits per heavy atom. The smallest absolute Gasteiger partial charge is 0.270 e. The van der Waals surface area contributed by atoms with Gasteiger partial charge in [-0.2, -0.15) is 0 Å². The molecule has 4 rings (SSSR count). The summed E-state index contributed by atoms with van der Waals surface area (Å²) in [5.74, 6) is -1.01. The summed E-state index contributed by atoms with van der Waals surface area (Å²) in [6.45, 7) is 0. The third-order valence-electron chi connectivity index (χ3n) is 4.61. The molecule has 3 aromatic heterocycles. The third-order valence-corrected chi connectivity index (χ3v) is 5.52. The predicted octanol–water partition coefficient (Wildman–Crippen LogP) is 3.78. The van der Waals surface area contributed by atoms with Gasteiger partial charge in [-0.05, 0) is 35.7 Å². The lowest BCUT2D eigenvalue weighted by molar-refractivity contribution is -0.121. The van der Waals surface area contributed by atoms with Crippen molar-refractivity contribution in [2.24, 2.45) is 0 Å². The van der Waals surface area contributed by atoms with Crippen molar-refractivity contribution in [3.63, 3.8) is 0 Å². The van der Waals surface area contributed by atoms with Crippen molar-refractivity contribution in [2.45, 2.75) is 12.8 Å². The minimum Gasteiger partial charge on any atom is -0.293 e. The fourth-order valence-corrected chi connectivity index (χ4v) is 3.76. The number of hydrogen-bond donors (Lipinski definition) is 2. The van der Waals surface area contributed by atoms with Crippen molar-refractivity contribution in [1.29, 1.82) is 0 Å². The van der Waals surface area contributed by atoms with Crippen molar-refractivity contribution in [3.05, 3.63) is 82.8 Å². The lowest BCUT2D eigenvalue weighted by Crippen LogP contribution is -2.41. The van der Waals surface area contributed by atoms with E-state index in [4.69, 9.17) is 0 Å². The maximum Gasteiger partial charge on any atom is 0.270 e. The van der Waals surface area contributed by atoms with E-state index in [-0.39, 0.29) is 18.6 Å². The Bertz CT molecular complexity index is 1240. The summed E-state index contributed by atoms with van der Waals surface area (Å²) >= 11 is 1.34. The van der Waals surface area contributed by atoms with Gasteiger partial charge >= 0.3 is 0 Å². The Morgan fingerprint density at radius 2 is 1.81 bits per heavy atom. The molecule has 0 spiro atoms. The number of fused-ring (bicyclic) bond motifs is 1. The van der Waals surface area contributed by atoms with E-state index in [2.05, 4.69) is 20.8 Å². The largest absolute Gasteiger partial charge is 0.293 e. The molecule has 1 aromatic carbocycles. The number of hydrogen-bond acceptors (Lipinski definition) is 6. The minimum atomic E-state index is -0.471. The molecule has 3 heterocycles. The summed E-state index contributed by atoms with van der Waals surface area (Å²) in [6, 6.07) is 16.1. The molecule has 7 nitrogen and oxygen atoms in total. The van der Waals surface area contributed by atoms with E-state index in [9.17, 15) is 14.4 Å². The van der Waals surface area contributed by atoms with Crippen molar-refractivity contribution in [3.8, 4) is 11.3 Å². The highest BCUT2D eigenvalue weighted by Crippen LogP contribution is 2.24. The highest BCUT2D eigenvalue weighted by Gasteiger charge is 2.15. The van der Waals surface area contributed by atoms with Crippen LogP contribution in [-0.4, -0.2) is 27.6 Å². The number of aromatic nitrogens is 2. The number of Topliss-reactive ketones (excluding diaryl/α,β-unsaturated/α-hetero) is 1. The van der Waals surface area contributed by atoms with Crippen LogP contribution >= 0.6 is 11.3 Å². The number of carbonyl (C=O) groups is 3. The fraction of sp³-hybridized carbons (Fsp3) is 0.0870. The Balaban J connectivity index is 1.47. The van der Waals surface area contributed by atoms with Crippen LogP contribution in [0.5, 0.6) is 0 Å². The van der Waals surface area contributed by atoms with Crippen LogP contribution in [0.15, 0.2) is 72.4 Å². The van der Waals surface area contributed by atoms with E-state index in [0.717, 1.165) is 5.56 Å². The zero-order valence-corrected chi connectivity index (χ0v) is 17.2. The third kappa shape index (κ3) is 4.81. The van der Waals surface area contributed by atoms with Gasteiger partial charge in [0.25, 0.3) is 5.91 Å². The van der Waals surface area contributed by atoms with Crippen LogP contribution in [0.1, 0.15) is 32.9 Å².